The summed E-state index contributed by atoms with van der Waals surface area (Å²) in [4.78, 5) is 0. The molecule has 1 aliphatic rings. The maximum Gasteiger partial charge on any atom is 0.264 e. The van der Waals surface area contributed by atoms with Crippen LogP contribution in [0.15, 0.2) is 0 Å². The monoisotopic (exact) mass is 286 g/mol. The normalized spacial score (nSPS) is 26.2. The van der Waals surface area contributed by atoms with Gasteiger partial charge >= 0.3 is 0 Å². The van der Waals surface area contributed by atoms with Crippen molar-refractivity contribution >= 4 is 20.2 Å². The van der Waals surface area contributed by atoms with Gasteiger partial charge in [-0.2, -0.15) is 16.8 Å². The van der Waals surface area contributed by atoms with Crippen molar-refractivity contribution in [2.45, 2.75) is 19.3 Å². The van der Waals surface area contributed by atoms with Crippen LogP contribution in [0.1, 0.15) is 19.3 Å². The van der Waals surface area contributed by atoms with Crippen LogP contribution in [0.3, 0.4) is 0 Å². The highest BCUT2D eigenvalue weighted by Gasteiger charge is 2.29. The van der Waals surface area contributed by atoms with Crippen molar-refractivity contribution in [1.82, 2.24) is 0 Å². The quantitative estimate of drug-likeness (QED) is 0.655. The van der Waals surface area contributed by atoms with E-state index in [1.54, 1.807) is 0 Å². The van der Waals surface area contributed by atoms with E-state index in [1.165, 1.54) is 0 Å². The summed E-state index contributed by atoms with van der Waals surface area (Å²) in [6, 6.07) is 0. The summed E-state index contributed by atoms with van der Waals surface area (Å²) in [5.74, 6) is 0.0953. The SMILES string of the molecule is CS(=O)(=O)OC[C@@H]1CCC[C@H]1COS(C)(=O)=O. The Kier molecular flexibility index (Phi) is 4.94. The molecule has 1 rings (SSSR count). The lowest BCUT2D eigenvalue weighted by Crippen LogP contribution is -2.22. The highest BCUT2D eigenvalue weighted by atomic mass is 32.2. The van der Waals surface area contributed by atoms with Gasteiger partial charge in [0.05, 0.1) is 25.7 Å². The van der Waals surface area contributed by atoms with Crippen LogP contribution in [-0.2, 0) is 28.6 Å². The summed E-state index contributed by atoms with van der Waals surface area (Å²) in [7, 11) is -6.87. The minimum atomic E-state index is -3.44. The van der Waals surface area contributed by atoms with Crippen molar-refractivity contribution in [2.24, 2.45) is 11.8 Å². The summed E-state index contributed by atoms with van der Waals surface area (Å²) < 4.78 is 52.9. The third-order valence-corrected chi connectivity index (χ3v) is 3.94. The Labute approximate surface area is 103 Å². The molecule has 0 N–H and O–H groups in total. The second kappa shape index (κ2) is 5.64. The molecule has 1 saturated carbocycles. The molecule has 0 heterocycles. The summed E-state index contributed by atoms with van der Waals surface area (Å²) in [6.45, 7) is 0.216. The Morgan fingerprint density at radius 1 is 0.882 bits per heavy atom. The Bertz CT molecular complexity index is 396. The van der Waals surface area contributed by atoms with Crippen molar-refractivity contribution < 1.29 is 25.2 Å². The van der Waals surface area contributed by atoms with E-state index in [9.17, 15) is 16.8 Å². The molecule has 0 aromatic rings. The van der Waals surface area contributed by atoms with Gasteiger partial charge in [0.1, 0.15) is 0 Å². The van der Waals surface area contributed by atoms with E-state index in [4.69, 9.17) is 8.37 Å². The Morgan fingerprint density at radius 3 is 1.53 bits per heavy atom. The van der Waals surface area contributed by atoms with Crippen molar-refractivity contribution in [2.75, 3.05) is 25.7 Å². The molecule has 0 amide bonds. The standard InChI is InChI=1S/C9H18O6S2/c1-16(10,11)14-6-8-4-3-5-9(8)7-15-17(2,12)13/h8-9H,3-7H2,1-2H3/t8-,9-/m0/s1. The predicted octanol–water partition coefficient (Wildman–Crippen LogP) is 0.355. The first-order chi connectivity index (χ1) is 7.67. The van der Waals surface area contributed by atoms with Gasteiger partial charge in [-0.25, -0.2) is 0 Å². The van der Waals surface area contributed by atoms with E-state index >= 15 is 0 Å². The topological polar surface area (TPSA) is 86.7 Å². The fourth-order valence-electron chi connectivity index (χ4n) is 1.97. The Morgan fingerprint density at radius 2 is 1.24 bits per heavy atom. The molecule has 8 heteroatoms. The molecular formula is C9H18O6S2. The zero-order valence-corrected chi connectivity index (χ0v) is 11.6. The summed E-state index contributed by atoms with van der Waals surface area (Å²) >= 11 is 0. The van der Waals surface area contributed by atoms with Crippen LogP contribution < -0.4 is 0 Å². The van der Waals surface area contributed by atoms with Crippen molar-refractivity contribution in [3.8, 4) is 0 Å². The molecule has 6 nitrogen and oxygen atoms in total. The molecule has 0 unspecified atom stereocenters. The zero-order chi connectivity index (χ0) is 13.1. The molecule has 0 aromatic carbocycles. The van der Waals surface area contributed by atoms with Crippen molar-refractivity contribution in [1.29, 1.82) is 0 Å². The summed E-state index contributed by atoms with van der Waals surface area (Å²) in [5, 5.41) is 0. The van der Waals surface area contributed by atoms with Crippen LogP contribution in [0.25, 0.3) is 0 Å². The van der Waals surface area contributed by atoms with Gasteiger partial charge in [0.15, 0.2) is 0 Å². The van der Waals surface area contributed by atoms with Gasteiger partial charge in [0, 0.05) is 0 Å². The fourth-order valence-corrected chi connectivity index (χ4v) is 2.82. The molecule has 1 fully saturated rings. The van der Waals surface area contributed by atoms with Gasteiger partial charge in [-0.15, -0.1) is 0 Å². The van der Waals surface area contributed by atoms with Crippen molar-refractivity contribution in [3.05, 3.63) is 0 Å². The van der Waals surface area contributed by atoms with Crippen LogP contribution in [-0.4, -0.2) is 42.6 Å². The molecule has 0 spiro atoms. The summed E-state index contributed by atoms with van der Waals surface area (Å²) in [6.07, 6.45) is 4.63. The van der Waals surface area contributed by atoms with Crippen LogP contribution in [0.5, 0.6) is 0 Å². The molecule has 0 radical (unpaired) electrons. The first-order valence-electron chi connectivity index (χ1n) is 5.36. The van der Waals surface area contributed by atoms with Crippen LogP contribution in [0.2, 0.25) is 0 Å². The van der Waals surface area contributed by atoms with Crippen molar-refractivity contribution in [3.63, 3.8) is 0 Å². The van der Waals surface area contributed by atoms with Gasteiger partial charge in [0.2, 0.25) is 0 Å². The fraction of sp³-hybridized carbons (Fsp3) is 1.00. The first-order valence-corrected chi connectivity index (χ1v) is 8.99. The van der Waals surface area contributed by atoms with E-state index < -0.39 is 20.2 Å². The predicted molar refractivity (Wildman–Crippen MR) is 62.4 cm³/mol. The van der Waals surface area contributed by atoms with Gasteiger partial charge in [0.25, 0.3) is 20.2 Å². The van der Waals surface area contributed by atoms with Gasteiger partial charge in [-0.1, -0.05) is 6.42 Å². The van der Waals surface area contributed by atoms with Gasteiger partial charge in [-0.05, 0) is 24.7 Å². The lowest BCUT2D eigenvalue weighted by atomic mass is 9.98. The minimum absolute atomic E-state index is 0.0477. The van der Waals surface area contributed by atoms with E-state index in [1.807, 2.05) is 0 Å². The third kappa shape index (κ3) is 6.35. The van der Waals surface area contributed by atoms with E-state index in [-0.39, 0.29) is 25.0 Å². The van der Waals surface area contributed by atoms with Gasteiger partial charge < -0.3 is 0 Å². The highest BCUT2D eigenvalue weighted by Crippen LogP contribution is 2.32. The largest absolute Gasteiger partial charge is 0.270 e. The molecule has 0 bridgehead atoms. The molecule has 1 aliphatic carbocycles. The first kappa shape index (κ1) is 14.9. The summed E-state index contributed by atoms with van der Waals surface area (Å²) in [5.41, 5.74) is 0. The minimum Gasteiger partial charge on any atom is -0.270 e. The molecule has 0 aromatic heterocycles. The third-order valence-electron chi connectivity index (χ3n) is 2.81. The molecule has 0 aliphatic heterocycles. The van der Waals surface area contributed by atoms with Gasteiger partial charge in [-0.3, -0.25) is 8.37 Å². The van der Waals surface area contributed by atoms with E-state index in [0.29, 0.717) is 0 Å². The average Bonchev–Trinajstić information content (AvgIpc) is 2.56. The second-order valence-corrected chi connectivity index (χ2v) is 7.72. The molecule has 0 saturated heterocycles. The van der Waals surface area contributed by atoms with Crippen LogP contribution in [0.4, 0.5) is 0 Å². The van der Waals surface area contributed by atoms with Crippen LogP contribution >= 0.6 is 0 Å². The number of rotatable bonds is 6. The Hall–Kier alpha value is -0.180. The molecule has 102 valence electrons. The molecule has 2 atom stereocenters. The maximum atomic E-state index is 10.9. The maximum absolute atomic E-state index is 10.9. The number of hydrogen-bond acceptors (Lipinski definition) is 6. The zero-order valence-electron chi connectivity index (χ0n) is 9.96. The van der Waals surface area contributed by atoms with E-state index in [0.717, 1.165) is 31.8 Å². The lowest BCUT2D eigenvalue weighted by molar-refractivity contribution is 0.170. The second-order valence-electron chi connectivity index (χ2n) is 4.43. The average molecular weight is 286 g/mol. The van der Waals surface area contributed by atoms with E-state index in [2.05, 4.69) is 0 Å². The smallest absolute Gasteiger partial charge is 0.264 e. The van der Waals surface area contributed by atoms with Crippen LogP contribution in [0, 0.1) is 11.8 Å². The Balaban J connectivity index is 2.44. The molecular weight excluding hydrogens is 268 g/mol. The highest BCUT2D eigenvalue weighted by molar-refractivity contribution is 7.86. The molecule has 17 heavy (non-hydrogen) atoms. The lowest BCUT2D eigenvalue weighted by Gasteiger charge is -2.18. The number of hydrogen-bond donors (Lipinski definition) is 0.